The topological polar surface area (TPSA) is 127 Å². The lowest BCUT2D eigenvalue weighted by molar-refractivity contribution is -0.231. The molecule has 7 atom stereocenters. The van der Waals surface area contributed by atoms with Crippen molar-refractivity contribution in [3.8, 4) is 0 Å². The smallest absolute Gasteiger partial charge is 0.156 e. The lowest BCUT2D eigenvalue weighted by atomic mass is 9.64. The second-order valence-corrected chi connectivity index (χ2v) is 8.56. The summed E-state index contributed by atoms with van der Waals surface area (Å²) in [6.45, 7) is 6.83. The van der Waals surface area contributed by atoms with E-state index in [9.17, 15) is 30.3 Å². The Morgan fingerprint density at radius 2 is 1.81 bits per heavy atom. The molecule has 5 N–H and O–H groups in total. The van der Waals surface area contributed by atoms with E-state index in [-0.39, 0.29) is 18.1 Å². The van der Waals surface area contributed by atoms with Gasteiger partial charge in [0.15, 0.2) is 5.78 Å². The summed E-state index contributed by atoms with van der Waals surface area (Å²) in [5, 5.41) is 50.3. The first-order valence-corrected chi connectivity index (χ1v) is 9.37. The Morgan fingerprint density at radius 3 is 2.37 bits per heavy atom. The number of hydrogen-bond acceptors (Lipinski definition) is 7. The van der Waals surface area contributed by atoms with Crippen molar-refractivity contribution in [1.82, 2.24) is 0 Å². The second kappa shape index (κ2) is 8.11. The molecule has 0 aromatic heterocycles. The molecule has 1 aliphatic carbocycles. The normalized spacial score (nSPS) is 40.9. The van der Waals surface area contributed by atoms with Crippen LogP contribution in [-0.4, -0.2) is 74.0 Å². The Balaban J connectivity index is 2.11. The van der Waals surface area contributed by atoms with Gasteiger partial charge in [-0.05, 0) is 30.9 Å². The summed E-state index contributed by atoms with van der Waals surface area (Å²) in [6, 6.07) is 0. The van der Waals surface area contributed by atoms with Crippen molar-refractivity contribution in [2.45, 2.75) is 76.7 Å². The average molecular weight is 384 g/mol. The van der Waals surface area contributed by atoms with Crippen LogP contribution in [-0.2, 0) is 9.53 Å². The average Bonchev–Trinajstić information content (AvgIpc) is 2.58. The van der Waals surface area contributed by atoms with Gasteiger partial charge in [-0.15, -0.1) is 0 Å². The predicted molar refractivity (Wildman–Crippen MR) is 98.8 cm³/mol. The van der Waals surface area contributed by atoms with Crippen LogP contribution < -0.4 is 0 Å². The van der Waals surface area contributed by atoms with Crippen LogP contribution in [0.4, 0.5) is 0 Å². The minimum absolute atomic E-state index is 0.00931. The standard InChI is InChI=1S/C20H32O7/c1-11(7-14-16(23)18(25)17(24)15(10-21)27-14)5-6-20(26)12(2)8-13(22)9-19(20,3)4/h5-6,8,11,14-18,21,23-26H,7,9-10H2,1-4H3/b6-5+/t11-,14-,15+,16-,17+,18+,20+/m0/s1. The zero-order valence-corrected chi connectivity index (χ0v) is 16.4. The minimum Gasteiger partial charge on any atom is -0.394 e. The number of carbonyl (C=O) groups excluding carboxylic acids is 1. The third kappa shape index (κ3) is 4.34. The van der Waals surface area contributed by atoms with Gasteiger partial charge in [-0.1, -0.05) is 32.9 Å². The van der Waals surface area contributed by atoms with Gasteiger partial charge in [0.25, 0.3) is 0 Å². The molecular formula is C20H32O7. The van der Waals surface area contributed by atoms with E-state index in [0.717, 1.165) is 0 Å². The predicted octanol–water partition coefficient (Wildman–Crippen LogP) is 0.0876. The monoisotopic (exact) mass is 384 g/mol. The molecule has 1 heterocycles. The van der Waals surface area contributed by atoms with Gasteiger partial charge in [0.05, 0.1) is 12.7 Å². The molecule has 2 rings (SSSR count). The maximum absolute atomic E-state index is 11.8. The number of carbonyl (C=O) groups is 1. The van der Waals surface area contributed by atoms with Crippen molar-refractivity contribution in [3.63, 3.8) is 0 Å². The summed E-state index contributed by atoms with van der Waals surface area (Å²) in [7, 11) is 0. The van der Waals surface area contributed by atoms with Crippen molar-refractivity contribution in [1.29, 1.82) is 0 Å². The molecular weight excluding hydrogens is 352 g/mol. The lowest BCUT2D eigenvalue weighted by Crippen LogP contribution is -2.58. The van der Waals surface area contributed by atoms with E-state index in [2.05, 4.69) is 0 Å². The quantitative estimate of drug-likeness (QED) is 0.425. The minimum atomic E-state index is -1.39. The highest BCUT2D eigenvalue weighted by atomic mass is 16.5. The van der Waals surface area contributed by atoms with Crippen LogP contribution in [0.25, 0.3) is 0 Å². The number of ketones is 1. The fourth-order valence-electron chi connectivity index (χ4n) is 3.99. The highest BCUT2D eigenvalue weighted by Crippen LogP contribution is 2.44. The maximum atomic E-state index is 11.8. The highest BCUT2D eigenvalue weighted by molar-refractivity contribution is 5.92. The third-order valence-corrected chi connectivity index (χ3v) is 5.89. The molecule has 0 amide bonds. The van der Waals surface area contributed by atoms with Gasteiger partial charge < -0.3 is 30.3 Å². The Labute approximate surface area is 160 Å². The molecule has 0 bridgehead atoms. The Morgan fingerprint density at radius 1 is 1.22 bits per heavy atom. The second-order valence-electron chi connectivity index (χ2n) is 8.56. The summed E-state index contributed by atoms with van der Waals surface area (Å²) >= 11 is 0. The first-order valence-electron chi connectivity index (χ1n) is 9.37. The van der Waals surface area contributed by atoms with Crippen molar-refractivity contribution < 1.29 is 35.1 Å². The van der Waals surface area contributed by atoms with Crippen LogP contribution in [0.1, 0.15) is 40.5 Å². The van der Waals surface area contributed by atoms with E-state index >= 15 is 0 Å². The zero-order valence-electron chi connectivity index (χ0n) is 16.4. The third-order valence-electron chi connectivity index (χ3n) is 5.89. The molecule has 0 radical (unpaired) electrons. The summed E-state index contributed by atoms with van der Waals surface area (Å²) in [6.07, 6.45) is -0.200. The lowest BCUT2D eigenvalue weighted by Gasteiger charge is -2.44. The Hall–Kier alpha value is -1.09. The summed E-state index contributed by atoms with van der Waals surface area (Å²) < 4.78 is 5.53. The summed E-state index contributed by atoms with van der Waals surface area (Å²) in [5.74, 6) is -0.137. The fourth-order valence-corrected chi connectivity index (χ4v) is 3.99. The van der Waals surface area contributed by atoms with Gasteiger partial charge >= 0.3 is 0 Å². The molecule has 0 saturated carbocycles. The fraction of sp³-hybridized carbons (Fsp3) is 0.750. The number of hydrogen-bond donors (Lipinski definition) is 5. The van der Waals surface area contributed by atoms with Gasteiger partial charge in [-0.25, -0.2) is 0 Å². The van der Waals surface area contributed by atoms with Gasteiger partial charge in [-0.3, -0.25) is 4.79 Å². The summed E-state index contributed by atoms with van der Waals surface area (Å²) in [4.78, 5) is 11.8. The van der Waals surface area contributed by atoms with E-state index in [1.165, 1.54) is 6.08 Å². The molecule has 154 valence electrons. The molecule has 1 aliphatic heterocycles. The Kier molecular flexibility index (Phi) is 6.67. The maximum Gasteiger partial charge on any atom is 0.156 e. The molecule has 0 spiro atoms. The van der Waals surface area contributed by atoms with E-state index in [1.807, 2.05) is 20.8 Å². The SMILES string of the molecule is CC1=CC(=O)CC(C)(C)[C@@]1(O)/C=C/[C@H](C)C[C@@H]1O[C@H](CO)[C@@H](O)[C@H](O)[C@H]1O. The van der Waals surface area contributed by atoms with Crippen molar-refractivity contribution in [2.24, 2.45) is 11.3 Å². The van der Waals surface area contributed by atoms with Gasteiger partial charge in [0, 0.05) is 11.8 Å². The van der Waals surface area contributed by atoms with Crippen LogP contribution in [0.3, 0.4) is 0 Å². The van der Waals surface area contributed by atoms with E-state index in [1.54, 1.807) is 19.1 Å². The number of allylic oxidation sites excluding steroid dienone is 2. The molecule has 0 unspecified atom stereocenters. The van der Waals surface area contributed by atoms with Gasteiger partial charge in [-0.2, -0.15) is 0 Å². The molecule has 0 aromatic rings. The first kappa shape index (κ1) is 22.2. The van der Waals surface area contributed by atoms with E-state index in [4.69, 9.17) is 4.74 Å². The van der Waals surface area contributed by atoms with E-state index < -0.39 is 48.1 Å². The van der Waals surface area contributed by atoms with Crippen LogP contribution in [0.5, 0.6) is 0 Å². The number of aliphatic hydroxyl groups is 5. The van der Waals surface area contributed by atoms with E-state index in [0.29, 0.717) is 12.0 Å². The van der Waals surface area contributed by atoms with Gasteiger partial charge in [0.1, 0.15) is 30.0 Å². The van der Waals surface area contributed by atoms with Crippen molar-refractivity contribution in [2.75, 3.05) is 6.61 Å². The largest absolute Gasteiger partial charge is 0.394 e. The molecule has 2 aliphatic rings. The van der Waals surface area contributed by atoms with Gasteiger partial charge in [0.2, 0.25) is 0 Å². The molecule has 1 saturated heterocycles. The molecule has 27 heavy (non-hydrogen) atoms. The Bertz CT molecular complexity index is 609. The molecule has 1 fully saturated rings. The first-order chi connectivity index (χ1) is 12.4. The zero-order chi connectivity index (χ0) is 20.6. The van der Waals surface area contributed by atoms with Crippen molar-refractivity contribution in [3.05, 3.63) is 23.8 Å². The number of aliphatic hydroxyl groups excluding tert-OH is 4. The number of rotatable bonds is 5. The van der Waals surface area contributed by atoms with Crippen LogP contribution in [0.2, 0.25) is 0 Å². The van der Waals surface area contributed by atoms with Crippen LogP contribution in [0.15, 0.2) is 23.8 Å². The summed E-state index contributed by atoms with van der Waals surface area (Å²) in [5.41, 5.74) is -1.33. The molecule has 0 aromatic carbocycles. The van der Waals surface area contributed by atoms with Crippen molar-refractivity contribution >= 4 is 5.78 Å². The van der Waals surface area contributed by atoms with Crippen LogP contribution >= 0.6 is 0 Å². The number of ether oxygens (including phenoxy) is 1. The molecule has 7 nitrogen and oxygen atoms in total. The molecule has 7 heteroatoms. The van der Waals surface area contributed by atoms with Crippen LogP contribution in [0, 0.1) is 11.3 Å². The highest BCUT2D eigenvalue weighted by Gasteiger charge is 2.47.